The van der Waals surface area contributed by atoms with Crippen LogP contribution >= 0.6 is 0 Å². The Morgan fingerprint density at radius 1 is 0.963 bits per heavy atom. The minimum atomic E-state index is -0.167. The molecule has 2 heterocycles. The molecular weight excluding hydrogens is 342 g/mol. The Balaban J connectivity index is 1.39. The second-order valence-corrected chi connectivity index (χ2v) is 6.19. The minimum absolute atomic E-state index is 0.0297. The van der Waals surface area contributed by atoms with Crippen molar-refractivity contribution in [1.29, 1.82) is 0 Å². The molecule has 0 spiro atoms. The monoisotopic (exact) mass is 359 g/mol. The van der Waals surface area contributed by atoms with Crippen molar-refractivity contribution in [2.24, 2.45) is 0 Å². The maximum atomic E-state index is 12.3. The van der Waals surface area contributed by atoms with E-state index in [0.717, 1.165) is 16.6 Å². The van der Waals surface area contributed by atoms with Crippen LogP contribution in [0.25, 0.3) is 11.0 Å². The van der Waals surface area contributed by atoms with Crippen LogP contribution in [0.5, 0.6) is 0 Å². The zero-order valence-electron chi connectivity index (χ0n) is 14.4. The summed E-state index contributed by atoms with van der Waals surface area (Å²) < 4.78 is 1.65. The maximum Gasteiger partial charge on any atom is 0.251 e. The van der Waals surface area contributed by atoms with E-state index in [1.54, 1.807) is 41.1 Å². The quantitative estimate of drug-likeness (QED) is 0.571. The van der Waals surface area contributed by atoms with Gasteiger partial charge in [0.05, 0.1) is 6.54 Å². The predicted molar refractivity (Wildman–Crippen MR) is 101 cm³/mol. The largest absolute Gasteiger partial charge is 0.348 e. The van der Waals surface area contributed by atoms with E-state index in [1.165, 1.54) is 0 Å². The van der Waals surface area contributed by atoms with Crippen LogP contribution in [0.4, 0.5) is 0 Å². The van der Waals surface area contributed by atoms with E-state index >= 15 is 0 Å². The van der Waals surface area contributed by atoms with Gasteiger partial charge in [0.15, 0.2) is 0 Å². The molecule has 27 heavy (non-hydrogen) atoms. The Morgan fingerprint density at radius 2 is 1.74 bits per heavy atom. The van der Waals surface area contributed by atoms with Crippen LogP contribution in [-0.4, -0.2) is 25.9 Å². The van der Waals surface area contributed by atoms with E-state index in [9.17, 15) is 9.59 Å². The molecule has 0 aliphatic heterocycles. The van der Waals surface area contributed by atoms with Gasteiger partial charge in [0, 0.05) is 24.4 Å². The molecule has 0 bridgehead atoms. The number of hydrogen-bond donors (Lipinski definition) is 2. The van der Waals surface area contributed by atoms with Crippen molar-refractivity contribution in [2.45, 2.75) is 13.1 Å². The molecule has 0 radical (unpaired) electrons. The number of benzene rings is 2. The number of fused-ring (bicyclic) bond motifs is 1. The van der Waals surface area contributed by atoms with E-state index in [-0.39, 0.29) is 11.5 Å². The van der Waals surface area contributed by atoms with Crippen LogP contribution in [0.2, 0.25) is 0 Å². The number of amides is 1. The molecule has 0 atom stereocenters. The molecular formula is C20H17N5O2. The lowest BCUT2D eigenvalue weighted by atomic mass is 10.1. The molecule has 0 saturated carbocycles. The van der Waals surface area contributed by atoms with Gasteiger partial charge in [-0.25, -0.2) is 0 Å². The molecule has 0 unspecified atom stereocenters. The van der Waals surface area contributed by atoms with Crippen molar-refractivity contribution in [3.63, 3.8) is 0 Å². The Labute approximate surface area is 154 Å². The van der Waals surface area contributed by atoms with E-state index in [1.807, 2.05) is 30.3 Å². The summed E-state index contributed by atoms with van der Waals surface area (Å²) in [7, 11) is 0. The summed E-state index contributed by atoms with van der Waals surface area (Å²) in [4.78, 5) is 24.1. The molecule has 4 aromatic rings. The average molecular weight is 359 g/mol. The van der Waals surface area contributed by atoms with Crippen LogP contribution in [0.15, 0.2) is 71.7 Å². The third-order valence-electron chi connectivity index (χ3n) is 4.31. The van der Waals surface area contributed by atoms with Crippen LogP contribution in [-0.2, 0) is 13.1 Å². The number of nitrogens with zero attached hydrogens (tertiary/aromatic N) is 3. The lowest BCUT2D eigenvalue weighted by Crippen LogP contribution is -2.22. The van der Waals surface area contributed by atoms with E-state index in [0.29, 0.717) is 24.2 Å². The smallest absolute Gasteiger partial charge is 0.251 e. The SMILES string of the molecule is O=C(NCc1ccc(Cn2ccccc2=O)cc1)c1ccc2n[nH]nc2c1. The fourth-order valence-electron chi connectivity index (χ4n) is 2.82. The third-order valence-corrected chi connectivity index (χ3v) is 4.31. The average Bonchev–Trinajstić information content (AvgIpc) is 3.17. The number of H-pyrrole nitrogens is 1. The van der Waals surface area contributed by atoms with Crippen molar-refractivity contribution in [2.75, 3.05) is 0 Å². The normalized spacial score (nSPS) is 10.8. The number of pyridine rings is 1. The van der Waals surface area contributed by atoms with E-state index in [2.05, 4.69) is 20.7 Å². The molecule has 0 aliphatic carbocycles. The lowest BCUT2D eigenvalue weighted by molar-refractivity contribution is 0.0951. The number of carbonyl (C=O) groups is 1. The molecule has 0 fully saturated rings. The Hall–Kier alpha value is -3.74. The van der Waals surface area contributed by atoms with Gasteiger partial charge in [-0.1, -0.05) is 30.3 Å². The topological polar surface area (TPSA) is 92.7 Å². The third kappa shape index (κ3) is 3.77. The molecule has 7 heteroatoms. The maximum absolute atomic E-state index is 12.3. The zero-order valence-corrected chi connectivity index (χ0v) is 14.4. The first-order chi connectivity index (χ1) is 13.2. The van der Waals surface area contributed by atoms with Crippen molar-refractivity contribution in [1.82, 2.24) is 25.3 Å². The highest BCUT2D eigenvalue weighted by molar-refractivity contribution is 5.97. The van der Waals surface area contributed by atoms with Gasteiger partial charge < -0.3 is 9.88 Å². The molecule has 2 aromatic carbocycles. The number of aromatic nitrogens is 4. The molecule has 0 saturated heterocycles. The van der Waals surface area contributed by atoms with Gasteiger partial charge >= 0.3 is 0 Å². The van der Waals surface area contributed by atoms with Gasteiger partial charge in [-0.05, 0) is 35.4 Å². The van der Waals surface area contributed by atoms with Crippen LogP contribution in [0.1, 0.15) is 21.5 Å². The van der Waals surface area contributed by atoms with Gasteiger partial charge in [0.2, 0.25) is 0 Å². The van der Waals surface area contributed by atoms with E-state index < -0.39 is 0 Å². The molecule has 7 nitrogen and oxygen atoms in total. The van der Waals surface area contributed by atoms with E-state index in [4.69, 9.17) is 0 Å². The summed E-state index contributed by atoms with van der Waals surface area (Å²) in [6.45, 7) is 0.936. The van der Waals surface area contributed by atoms with Gasteiger partial charge in [-0.3, -0.25) is 9.59 Å². The first-order valence-corrected chi connectivity index (χ1v) is 8.51. The number of carbonyl (C=O) groups excluding carboxylic acids is 1. The number of hydrogen-bond acceptors (Lipinski definition) is 4. The number of rotatable bonds is 5. The first kappa shape index (κ1) is 16.7. The molecule has 134 valence electrons. The molecule has 0 aliphatic rings. The summed E-state index contributed by atoms with van der Waals surface area (Å²) in [5.74, 6) is -0.167. The Morgan fingerprint density at radius 3 is 2.56 bits per heavy atom. The number of aromatic amines is 1. The lowest BCUT2D eigenvalue weighted by Gasteiger charge is -2.08. The molecule has 1 amide bonds. The highest BCUT2D eigenvalue weighted by Gasteiger charge is 2.08. The molecule has 4 rings (SSSR count). The molecule has 2 aromatic heterocycles. The summed E-state index contributed by atoms with van der Waals surface area (Å²) in [5, 5.41) is 13.4. The fraction of sp³-hybridized carbons (Fsp3) is 0.100. The summed E-state index contributed by atoms with van der Waals surface area (Å²) >= 11 is 0. The van der Waals surface area contributed by atoms with Gasteiger partial charge in [-0.15, -0.1) is 0 Å². The first-order valence-electron chi connectivity index (χ1n) is 8.51. The van der Waals surface area contributed by atoms with Crippen LogP contribution in [0.3, 0.4) is 0 Å². The second kappa shape index (κ2) is 7.25. The van der Waals surface area contributed by atoms with Crippen molar-refractivity contribution in [3.05, 3.63) is 93.9 Å². The molecule has 2 N–H and O–H groups in total. The van der Waals surface area contributed by atoms with Crippen LogP contribution in [0, 0.1) is 0 Å². The summed E-state index contributed by atoms with van der Waals surface area (Å²) in [5.41, 5.74) is 3.89. The highest BCUT2D eigenvalue weighted by atomic mass is 16.1. The van der Waals surface area contributed by atoms with Crippen molar-refractivity contribution in [3.8, 4) is 0 Å². The van der Waals surface area contributed by atoms with Gasteiger partial charge in [-0.2, -0.15) is 15.4 Å². The minimum Gasteiger partial charge on any atom is -0.348 e. The standard InChI is InChI=1S/C20H17N5O2/c26-19-3-1-2-10-25(19)13-15-6-4-14(5-7-15)12-21-20(27)16-8-9-17-18(11-16)23-24-22-17/h1-11H,12-13H2,(H,21,27)(H,22,23,24). The number of nitrogens with one attached hydrogen (secondary N) is 2. The Kier molecular flexibility index (Phi) is 4.49. The summed E-state index contributed by atoms with van der Waals surface area (Å²) in [6.07, 6.45) is 1.77. The Bertz CT molecular complexity index is 1140. The zero-order chi connectivity index (χ0) is 18.6. The van der Waals surface area contributed by atoms with Crippen molar-refractivity contribution >= 4 is 16.9 Å². The second-order valence-electron chi connectivity index (χ2n) is 6.19. The van der Waals surface area contributed by atoms with Gasteiger partial charge in [0.25, 0.3) is 11.5 Å². The predicted octanol–water partition coefficient (Wildman–Crippen LogP) is 2.10. The van der Waals surface area contributed by atoms with Crippen molar-refractivity contribution < 1.29 is 4.79 Å². The van der Waals surface area contributed by atoms with Gasteiger partial charge in [0.1, 0.15) is 11.0 Å². The fourth-order valence-corrected chi connectivity index (χ4v) is 2.82. The highest BCUT2D eigenvalue weighted by Crippen LogP contribution is 2.11. The summed E-state index contributed by atoms with van der Waals surface area (Å²) in [6, 6.07) is 18.1. The van der Waals surface area contributed by atoms with Crippen LogP contribution < -0.4 is 10.9 Å².